The van der Waals surface area contributed by atoms with Crippen LogP contribution in [-0.4, -0.2) is 29.9 Å². The molecule has 4 nitrogen and oxygen atoms in total. The summed E-state index contributed by atoms with van der Waals surface area (Å²) in [5, 5.41) is 4.48. The number of aryl methyl sites for hydroxylation is 1. The number of benzene rings is 1. The molecule has 1 heterocycles. The van der Waals surface area contributed by atoms with Crippen molar-refractivity contribution in [2.45, 2.75) is 19.9 Å². The van der Waals surface area contributed by atoms with Crippen LogP contribution in [0.25, 0.3) is 0 Å². The number of aromatic nitrogens is 1. The van der Waals surface area contributed by atoms with Gasteiger partial charge >= 0.3 is 0 Å². The van der Waals surface area contributed by atoms with E-state index in [1.807, 2.05) is 30.5 Å². The minimum Gasteiger partial charge on any atom is -0.380 e. The molecule has 0 fully saturated rings. The fourth-order valence-corrected chi connectivity index (χ4v) is 2.60. The number of amides is 1. The minimum atomic E-state index is 0.0136. The summed E-state index contributed by atoms with van der Waals surface area (Å²) < 4.78 is 0. The fraction of sp³-hybridized carbons (Fsp3) is 0.333. The zero-order valence-corrected chi connectivity index (χ0v) is 12.8. The van der Waals surface area contributed by atoms with Crippen LogP contribution in [0.4, 0.5) is 5.69 Å². The summed E-state index contributed by atoms with van der Waals surface area (Å²) in [6, 6.07) is 7.57. The number of nitrogens with one attached hydrogen (secondary N) is 1. The van der Waals surface area contributed by atoms with E-state index in [0.29, 0.717) is 5.56 Å². The van der Waals surface area contributed by atoms with Crippen LogP contribution < -0.4 is 5.32 Å². The van der Waals surface area contributed by atoms with Crippen LogP contribution >= 0.6 is 11.3 Å². The van der Waals surface area contributed by atoms with Crippen LogP contribution in [0.5, 0.6) is 0 Å². The second-order valence-corrected chi connectivity index (χ2v) is 5.91. The molecule has 0 saturated carbocycles. The Morgan fingerprint density at radius 3 is 2.85 bits per heavy atom. The number of carbonyl (C=O) groups is 1. The molecule has 0 aliphatic carbocycles. The molecule has 0 spiro atoms. The Balaban J connectivity index is 2.02. The maximum atomic E-state index is 11.9. The van der Waals surface area contributed by atoms with Crippen LogP contribution in [0, 0.1) is 0 Å². The first-order valence-electron chi connectivity index (χ1n) is 6.59. The second-order valence-electron chi connectivity index (χ2n) is 4.71. The molecule has 1 N–H and O–H groups in total. The molecule has 0 unspecified atom stereocenters. The Hall–Kier alpha value is -1.88. The first kappa shape index (κ1) is 14.5. The number of thiazole rings is 1. The Morgan fingerprint density at radius 1 is 1.40 bits per heavy atom. The van der Waals surface area contributed by atoms with Gasteiger partial charge in [-0.25, -0.2) is 4.98 Å². The molecule has 0 radical (unpaired) electrons. The maximum Gasteiger partial charge on any atom is 0.253 e. The smallest absolute Gasteiger partial charge is 0.253 e. The zero-order valence-electron chi connectivity index (χ0n) is 12.0. The highest BCUT2D eigenvalue weighted by molar-refractivity contribution is 7.11. The number of carbonyl (C=O) groups excluding carboxylic acids is 1. The van der Waals surface area contributed by atoms with Gasteiger partial charge in [-0.3, -0.25) is 4.79 Å². The predicted octanol–water partition coefficient (Wildman–Crippen LogP) is 3.02. The molecule has 2 rings (SSSR count). The summed E-state index contributed by atoms with van der Waals surface area (Å²) in [5.41, 5.74) is 1.64. The lowest BCUT2D eigenvalue weighted by Crippen LogP contribution is -2.21. The minimum absolute atomic E-state index is 0.0136. The van der Waals surface area contributed by atoms with Crippen molar-refractivity contribution in [3.05, 3.63) is 45.9 Å². The van der Waals surface area contributed by atoms with Crippen molar-refractivity contribution in [2.75, 3.05) is 19.4 Å². The van der Waals surface area contributed by atoms with Gasteiger partial charge in [0.25, 0.3) is 5.91 Å². The van der Waals surface area contributed by atoms with Gasteiger partial charge in [0, 0.05) is 36.4 Å². The molecule has 0 aliphatic heterocycles. The number of nitrogens with zero attached hydrogens (tertiary/aromatic N) is 2. The number of hydrogen-bond donors (Lipinski definition) is 1. The normalized spacial score (nSPS) is 10.3. The number of anilines is 1. The van der Waals surface area contributed by atoms with Gasteiger partial charge in [0.15, 0.2) is 0 Å². The molecule has 0 aliphatic rings. The van der Waals surface area contributed by atoms with E-state index < -0.39 is 0 Å². The van der Waals surface area contributed by atoms with Gasteiger partial charge in [-0.1, -0.05) is 13.0 Å². The zero-order chi connectivity index (χ0) is 14.5. The maximum absolute atomic E-state index is 11.9. The average molecular weight is 289 g/mol. The monoisotopic (exact) mass is 289 g/mol. The molecule has 5 heteroatoms. The SMILES string of the molecule is CCc1ncc(CNc2cccc(C(=O)N(C)C)c2)s1. The van der Waals surface area contributed by atoms with Gasteiger partial charge in [0.05, 0.1) is 11.6 Å². The Morgan fingerprint density at radius 2 is 2.20 bits per heavy atom. The average Bonchev–Trinajstić information content (AvgIpc) is 2.92. The Kier molecular flexibility index (Phi) is 4.74. The number of hydrogen-bond acceptors (Lipinski definition) is 4. The topological polar surface area (TPSA) is 45.2 Å². The number of rotatable bonds is 5. The van der Waals surface area contributed by atoms with Gasteiger partial charge < -0.3 is 10.2 Å². The Labute approximate surface area is 123 Å². The first-order valence-corrected chi connectivity index (χ1v) is 7.41. The van der Waals surface area contributed by atoms with Crippen LogP contribution in [0.1, 0.15) is 27.2 Å². The highest BCUT2D eigenvalue weighted by Crippen LogP contribution is 2.17. The lowest BCUT2D eigenvalue weighted by atomic mass is 10.2. The van der Waals surface area contributed by atoms with Crippen molar-refractivity contribution in [1.82, 2.24) is 9.88 Å². The standard InChI is InChI=1S/C15H19N3OS/c1-4-14-17-10-13(20-14)9-16-12-7-5-6-11(8-12)15(19)18(2)3/h5-8,10,16H,4,9H2,1-3H3. The van der Waals surface area contributed by atoms with Crippen LogP contribution in [-0.2, 0) is 13.0 Å². The van der Waals surface area contributed by atoms with E-state index in [-0.39, 0.29) is 5.91 Å². The van der Waals surface area contributed by atoms with E-state index in [9.17, 15) is 4.79 Å². The quantitative estimate of drug-likeness (QED) is 0.920. The highest BCUT2D eigenvalue weighted by Gasteiger charge is 2.08. The molecule has 20 heavy (non-hydrogen) atoms. The lowest BCUT2D eigenvalue weighted by molar-refractivity contribution is 0.0827. The van der Waals surface area contributed by atoms with Gasteiger partial charge in [0.2, 0.25) is 0 Å². The van der Waals surface area contributed by atoms with Gasteiger partial charge in [-0.05, 0) is 24.6 Å². The van der Waals surface area contributed by atoms with Crippen molar-refractivity contribution >= 4 is 22.9 Å². The molecule has 106 valence electrons. The molecular formula is C15H19N3OS. The van der Waals surface area contributed by atoms with Gasteiger partial charge in [-0.2, -0.15) is 0 Å². The van der Waals surface area contributed by atoms with Crippen molar-refractivity contribution < 1.29 is 4.79 Å². The van der Waals surface area contributed by atoms with E-state index in [1.54, 1.807) is 30.3 Å². The molecule has 0 atom stereocenters. The van der Waals surface area contributed by atoms with Gasteiger partial charge in [0.1, 0.15) is 0 Å². The van der Waals surface area contributed by atoms with E-state index in [4.69, 9.17) is 0 Å². The molecule has 1 amide bonds. The first-order chi connectivity index (χ1) is 9.60. The van der Waals surface area contributed by atoms with E-state index in [1.165, 1.54) is 4.88 Å². The fourth-order valence-electron chi connectivity index (χ4n) is 1.80. The summed E-state index contributed by atoms with van der Waals surface area (Å²) in [5.74, 6) is 0.0136. The molecule has 1 aromatic carbocycles. The van der Waals surface area contributed by atoms with E-state index in [0.717, 1.165) is 23.7 Å². The summed E-state index contributed by atoms with van der Waals surface area (Å²) in [6.07, 6.45) is 2.88. The predicted molar refractivity (Wildman–Crippen MR) is 83.3 cm³/mol. The third-order valence-corrected chi connectivity index (χ3v) is 4.03. The van der Waals surface area contributed by atoms with Crippen molar-refractivity contribution in [3.8, 4) is 0 Å². The second kappa shape index (κ2) is 6.52. The summed E-state index contributed by atoms with van der Waals surface area (Å²) >= 11 is 1.72. The van der Waals surface area contributed by atoms with Crippen molar-refractivity contribution in [3.63, 3.8) is 0 Å². The largest absolute Gasteiger partial charge is 0.380 e. The lowest BCUT2D eigenvalue weighted by Gasteiger charge is -2.11. The van der Waals surface area contributed by atoms with Crippen molar-refractivity contribution in [2.24, 2.45) is 0 Å². The molecule has 1 aromatic heterocycles. The third kappa shape index (κ3) is 3.57. The van der Waals surface area contributed by atoms with Gasteiger partial charge in [-0.15, -0.1) is 11.3 Å². The summed E-state index contributed by atoms with van der Waals surface area (Å²) in [7, 11) is 3.51. The molecule has 2 aromatic rings. The van der Waals surface area contributed by atoms with E-state index >= 15 is 0 Å². The summed E-state index contributed by atoms with van der Waals surface area (Å²) in [4.78, 5) is 19.0. The Bertz CT molecular complexity index is 592. The highest BCUT2D eigenvalue weighted by atomic mass is 32.1. The molecule has 0 bridgehead atoms. The van der Waals surface area contributed by atoms with Crippen molar-refractivity contribution in [1.29, 1.82) is 0 Å². The van der Waals surface area contributed by atoms with Crippen LogP contribution in [0.15, 0.2) is 30.5 Å². The van der Waals surface area contributed by atoms with Crippen LogP contribution in [0.3, 0.4) is 0 Å². The summed E-state index contributed by atoms with van der Waals surface area (Å²) in [6.45, 7) is 2.84. The van der Waals surface area contributed by atoms with Crippen LogP contribution in [0.2, 0.25) is 0 Å². The molecular weight excluding hydrogens is 270 g/mol. The van der Waals surface area contributed by atoms with E-state index in [2.05, 4.69) is 17.2 Å². The third-order valence-electron chi connectivity index (χ3n) is 2.89. The molecule has 0 saturated heterocycles.